The Morgan fingerprint density at radius 3 is 2.11 bits per heavy atom. The highest BCUT2D eigenvalue weighted by Crippen LogP contribution is 2.53. The van der Waals surface area contributed by atoms with Gasteiger partial charge in [0.1, 0.15) is 12.4 Å². The van der Waals surface area contributed by atoms with Gasteiger partial charge in [0.05, 0.1) is 13.2 Å². The molecular formula is C17H23Cl3NO6P. The van der Waals surface area contributed by atoms with Crippen molar-refractivity contribution in [3.8, 4) is 0 Å². The maximum atomic E-state index is 13.1. The summed E-state index contributed by atoms with van der Waals surface area (Å²) < 4.78 is 26.7. The van der Waals surface area contributed by atoms with Crippen LogP contribution < -0.4 is 5.32 Å². The Bertz CT molecular complexity index is 698. The molecule has 0 aliphatic carbocycles. The maximum absolute atomic E-state index is 13.1. The molecule has 0 bridgehead atoms. The van der Waals surface area contributed by atoms with Crippen molar-refractivity contribution in [3.63, 3.8) is 0 Å². The molecule has 1 atom stereocenters. The summed E-state index contributed by atoms with van der Waals surface area (Å²) in [5, 5.41) is 2.34. The van der Waals surface area contributed by atoms with Gasteiger partial charge in [-0.1, -0.05) is 64.6 Å². The molecule has 0 saturated carbocycles. The summed E-state index contributed by atoms with van der Waals surface area (Å²) in [5.41, 5.74) is 1.38. The van der Waals surface area contributed by atoms with Gasteiger partial charge in [-0.15, -0.1) is 0 Å². The average Bonchev–Trinajstić information content (AvgIpc) is 2.59. The second-order valence-electron chi connectivity index (χ2n) is 5.72. The van der Waals surface area contributed by atoms with Crippen molar-refractivity contribution in [2.24, 2.45) is 0 Å². The number of carbonyl (C=O) groups is 2. The van der Waals surface area contributed by atoms with Gasteiger partial charge in [0.2, 0.25) is 3.79 Å². The van der Waals surface area contributed by atoms with E-state index in [9.17, 15) is 14.2 Å². The van der Waals surface area contributed by atoms with E-state index in [0.29, 0.717) is 5.56 Å². The first-order chi connectivity index (χ1) is 13.0. The van der Waals surface area contributed by atoms with Gasteiger partial charge < -0.3 is 19.1 Å². The Balaban J connectivity index is 3.02. The molecule has 7 nitrogen and oxygen atoms in total. The Morgan fingerprint density at radius 2 is 1.64 bits per heavy atom. The number of hydrogen-bond acceptors (Lipinski definition) is 6. The highest BCUT2D eigenvalue weighted by atomic mass is 35.6. The van der Waals surface area contributed by atoms with Gasteiger partial charge in [-0.25, -0.2) is 4.79 Å². The predicted octanol–water partition coefficient (Wildman–Crippen LogP) is 5.26. The third-order valence-corrected chi connectivity index (χ3v) is 6.04. The van der Waals surface area contributed by atoms with Crippen LogP contribution in [0.4, 0.5) is 4.79 Å². The predicted molar refractivity (Wildman–Crippen MR) is 110 cm³/mol. The van der Waals surface area contributed by atoms with Crippen LogP contribution in [0.5, 0.6) is 0 Å². The molecule has 1 rings (SSSR count). The highest BCUT2D eigenvalue weighted by molar-refractivity contribution is 7.54. The Morgan fingerprint density at radius 1 is 1.11 bits per heavy atom. The smallest absolute Gasteiger partial charge is 0.408 e. The normalized spacial score (nSPS) is 13.1. The molecule has 1 aromatic carbocycles. The van der Waals surface area contributed by atoms with E-state index in [-0.39, 0.29) is 25.4 Å². The van der Waals surface area contributed by atoms with Crippen LogP contribution in [0.15, 0.2) is 24.3 Å². The number of Topliss-reactive ketones (excluding diaryl/α,β-unsaturated/α-hetero) is 1. The lowest BCUT2D eigenvalue weighted by Gasteiger charge is -2.26. The molecule has 0 radical (unpaired) electrons. The van der Waals surface area contributed by atoms with Gasteiger partial charge in [0.25, 0.3) is 0 Å². The fraction of sp³-hybridized carbons (Fsp3) is 0.529. The second-order valence-corrected chi connectivity index (χ2v) is 10.5. The minimum absolute atomic E-state index is 0.0530. The first-order valence-corrected chi connectivity index (χ1v) is 11.2. The van der Waals surface area contributed by atoms with Crippen molar-refractivity contribution in [1.82, 2.24) is 5.32 Å². The zero-order valence-corrected chi connectivity index (χ0v) is 18.9. The van der Waals surface area contributed by atoms with Crippen molar-refractivity contribution in [2.75, 3.05) is 19.8 Å². The maximum Gasteiger partial charge on any atom is 0.408 e. The number of hydrogen-bond donors (Lipinski definition) is 1. The fourth-order valence-electron chi connectivity index (χ4n) is 2.18. The van der Waals surface area contributed by atoms with Gasteiger partial charge >= 0.3 is 13.7 Å². The standard InChI is InChI=1S/C17H23Cl3NO6P/c1-4-26-28(24,27-5-2)15(21-16(23)25-11-17(18,19)20)10-14(22)13-8-6-12(3)7-9-13/h6-9,15H,4-5,10-11H2,1-3H3,(H,21,23)/t15-/m0/s1. The molecule has 0 aromatic heterocycles. The summed E-state index contributed by atoms with van der Waals surface area (Å²) >= 11 is 16.6. The number of benzene rings is 1. The number of rotatable bonds is 10. The van der Waals surface area contributed by atoms with Crippen molar-refractivity contribution in [2.45, 2.75) is 36.8 Å². The van der Waals surface area contributed by atoms with E-state index in [0.717, 1.165) is 5.56 Å². The number of ether oxygens (including phenoxy) is 1. The number of ketones is 1. The second kappa shape index (κ2) is 11.4. The fourth-order valence-corrected chi connectivity index (χ4v) is 4.15. The third-order valence-electron chi connectivity index (χ3n) is 3.40. The van der Waals surface area contributed by atoms with E-state index in [2.05, 4.69) is 5.32 Å². The molecule has 1 amide bonds. The topological polar surface area (TPSA) is 90.9 Å². The molecule has 0 aliphatic rings. The van der Waals surface area contributed by atoms with Gasteiger partial charge in [-0.2, -0.15) is 0 Å². The lowest BCUT2D eigenvalue weighted by molar-refractivity contribution is 0.0965. The SMILES string of the molecule is CCOP(=O)(OCC)[C@@H](CC(=O)c1ccc(C)cc1)NC(=O)OCC(Cl)(Cl)Cl. The largest absolute Gasteiger partial charge is 0.445 e. The molecule has 0 saturated heterocycles. The minimum Gasteiger partial charge on any atom is -0.445 e. The Hall–Kier alpha value is -0.820. The monoisotopic (exact) mass is 473 g/mol. The molecule has 0 spiro atoms. The van der Waals surface area contributed by atoms with Gasteiger partial charge in [0, 0.05) is 12.0 Å². The van der Waals surface area contributed by atoms with Crippen LogP contribution in [0.1, 0.15) is 36.2 Å². The van der Waals surface area contributed by atoms with Gasteiger partial charge in [-0.05, 0) is 20.8 Å². The van der Waals surface area contributed by atoms with E-state index in [1.165, 1.54) is 0 Å². The van der Waals surface area contributed by atoms with Crippen molar-refractivity contribution < 1.29 is 27.9 Å². The van der Waals surface area contributed by atoms with Crippen LogP contribution in [0.3, 0.4) is 0 Å². The summed E-state index contributed by atoms with van der Waals surface area (Å²) in [5.74, 6) is -1.63. The van der Waals surface area contributed by atoms with Crippen LogP contribution in [0.25, 0.3) is 0 Å². The summed E-state index contributed by atoms with van der Waals surface area (Å²) in [6, 6.07) is 6.83. The third kappa shape index (κ3) is 8.68. The van der Waals surface area contributed by atoms with Crippen LogP contribution in [-0.2, 0) is 18.3 Å². The lowest BCUT2D eigenvalue weighted by atomic mass is 10.1. The zero-order chi connectivity index (χ0) is 21.4. The zero-order valence-electron chi connectivity index (χ0n) is 15.7. The van der Waals surface area contributed by atoms with Crippen LogP contribution in [0.2, 0.25) is 0 Å². The van der Waals surface area contributed by atoms with Crippen molar-refractivity contribution in [3.05, 3.63) is 35.4 Å². The summed E-state index contributed by atoms with van der Waals surface area (Å²) in [4.78, 5) is 24.7. The summed E-state index contributed by atoms with van der Waals surface area (Å²) in [6.45, 7) is 4.69. The van der Waals surface area contributed by atoms with E-state index in [1.807, 2.05) is 6.92 Å². The van der Waals surface area contributed by atoms with Crippen LogP contribution in [-0.4, -0.2) is 41.3 Å². The number of carbonyl (C=O) groups excluding carboxylic acids is 2. The van der Waals surface area contributed by atoms with Gasteiger partial charge in [0.15, 0.2) is 5.78 Å². The molecule has 158 valence electrons. The Kier molecular flexibility index (Phi) is 10.3. The van der Waals surface area contributed by atoms with E-state index in [4.69, 9.17) is 48.6 Å². The number of alkyl carbamates (subject to hydrolysis) is 1. The number of aryl methyl sites for hydroxylation is 1. The number of amides is 1. The number of halogens is 3. The first-order valence-electron chi connectivity index (χ1n) is 8.49. The lowest BCUT2D eigenvalue weighted by Crippen LogP contribution is -2.39. The molecule has 1 aromatic rings. The molecular weight excluding hydrogens is 452 g/mol. The molecule has 0 heterocycles. The van der Waals surface area contributed by atoms with E-state index < -0.39 is 29.9 Å². The first kappa shape index (κ1) is 25.2. The van der Waals surface area contributed by atoms with E-state index in [1.54, 1.807) is 38.1 Å². The molecule has 0 unspecified atom stereocenters. The van der Waals surface area contributed by atoms with Crippen LogP contribution in [0, 0.1) is 6.92 Å². The molecule has 1 N–H and O–H groups in total. The van der Waals surface area contributed by atoms with Crippen molar-refractivity contribution >= 4 is 54.3 Å². The number of alkyl halides is 3. The average molecular weight is 475 g/mol. The Labute approximate surface area is 179 Å². The van der Waals surface area contributed by atoms with Gasteiger partial charge in [-0.3, -0.25) is 9.36 Å². The molecule has 28 heavy (non-hydrogen) atoms. The number of nitrogens with one attached hydrogen (secondary N) is 1. The van der Waals surface area contributed by atoms with Crippen LogP contribution >= 0.6 is 42.4 Å². The summed E-state index contributed by atoms with van der Waals surface area (Å²) in [6.07, 6.45) is -1.35. The minimum atomic E-state index is -3.86. The summed E-state index contributed by atoms with van der Waals surface area (Å²) in [7, 11) is -3.86. The van der Waals surface area contributed by atoms with Crippen molar-refractivity contribution in [1.29, 1.82) is 0 Å². The highest BCUT2D eigenvalue weighted by Gasteiger charge is 2.39. The quantitative estimate of drug-likeness (QED) is 0.283. The molecule has 0 fully saturated rings. The van der Waals surface area contributed by atoms with E-state index >= 15 is 0 Å². The molecule has 0 aliphatic heterocycles. The molecule has 11 heteroatoms.